The summed E-state index contributed by atoms with van der Waals surface area (Å²) in [5.41, 5.74) is 3.82. The monoisotopic (exact) mass is 503 g/mol. The van der Waals surface area contributed by atoms with Crippen molar-refractivity contribution in [1.29, 1.82) is 0 Å². The van der Waals surface area contributed by atoms with Crippen LogP contribution in [0.15, 0.2) is 18.3 Å². The summed E-state index contributed by atoms with van der Waals surface area (Å²) in [5.74, 6) is 1.16. The lowest BCUT2D eigenvalue weighted by Gasteiger charge is -2.08. The quantitative estimate of drug-likeness (QED) is 0.274. The topological polar surface area (TPSA) is 56.5 Å². The Morgan fingerprint density at radius 3 is 2.00 bits per heavy atom. The van der Waals surface area contributed by atoms with Gasteiger partial charge in [-0.3, -0.25) is 0 Å². The van der Waals surface area contributed by atoms with Crippen molar-refractivity contribution >= 4 is 34.0 Å². The van der Waals surface area contributed by atoms with E-state index in [1.165, 1.54) is 25.8 Å². The highest BCUT2D eigenvalue weighted by atomic mass is 32.1. The molecule has 4 rings (SSSR count). The van der Waals surface area contributed by atoms with Gasteiger partial charge in [0, 0.05) is 9.75 Å². The van der Waals surface area contributed by atoms with Crippen molar-refractivity contribution in [3.05, 3.63) is 49.9 Å². The molecule has 0 aliphatic heterocycles. The number of aromatic nitrogens is 5. The molecule has 0 atom stereocenters. The van der Waals surface area contributed by atoms with E-state index >= 15 is 0 Å². The lowest BCUT2D eigenvalue weighted by atomic mass is 9.99. The summed E-state index contributed by atoms with van der Waals surface area (Å²) < 4.78 is 1.84. The van der Waals surface area contributed by atoms with E-state index in [0.29, 0.717) is 11.8 Å². The first kappa shape index (κ1) is 27.3. The number of nitrogens with zero attached hydrogens (tertiary/aromatic N) is 5. The summed E-state index contributed by atoms with van der Waals surface area (Å²) in [6.45, 7) is 21.3. The third-order valence-corrected chi connectivity index (χ3v) is 8.44. The average molecular weight is 504 g/mol. The average Bonchev–Trinajstić information content (AvgIpc) is 3.55. The largest absolute Gasteiger partial charge is 0.210 e. The number of rotatable bonds is 5. The zero-order valence-corrected chi connectivity index (χ0v) is 24.0. The van der Waals surface area contributed by atoms with Crippen LogP contribution in [0.25, 0.3) is 14.9 Å². The molecule has 0 spiro atoms. The van der Waals surface area contributed by atoms with E-state index in [1.807, 2.05) is 49.9 Å². The van der Waals surface area contributed by atoms with Crippen LogP contribution in [0.2, 0.25) is 0 Å². The second kappa shape index (κ2) is 12.5. The normalized spacial score (nSPS) is 10.8. The summed E-state index contributed by atoms with van der Waals surface area (Å²) in [5, 5.41) is 19.6. The van der Waals surface area contributed by atoms with Gasteiger partial charge in [0.2, 0.25) is 0 Å². The predicted octanol–water partition coefficient (Wildman–Crippen LogP) is 8.36. The molecule has 4 aromatic rings. The molecule has 0 fully saturated rings. The molecule has 33 heavy (non-hydrogen) atoms. The molecule has 0 aliphatic carbocycles. The van der Waals surface area contributed by atoms with E-state index in [9.17, 15) is 0 Å². The van der Waals surface area contributed by atoms with E-state index in [2.05, 4.69) is 74.2 Å². The van der Waals surface area contributed by atoms with Gasteiger partial charge < -0.3 is 0 Å². The van der Waals surface area contributed by atoms with E-state index in [-0.39, 0.29) is 0 Å². The zero-order valence-electron chi connectivity index (χ0n) is 21.6. The number of thiophene rings is 2. The first-order valence-electron chi connectivity index (χ1n) is 11.6. The molecule has 0 aliphatic rings. The molecule has 0 bridgehead atoms. The molecule has 0 unspecified atom stereocenters. The van der Waals surface area contributed by atoms with Crippen LogP contribution >= 0.6 is 34.0 Å². The first-order valence-corrected chi connectivity index (χ1v) is 14.1. The highest BCUT2D eigenvalue weighted by Crippen LogP contribution is 2.39. The minimum atomic E-state index is 0.575. The fourth-order valence-corrected chi connectivity index (χ4v) is 6.33. The summed E-state index contributed by atoms with van der Waals surface area (Å²) >= 11 is 5.31. The molecular weight excluding hydrogens is 467 g/mol. The van der Waals surface area contributed by atoms with Crippen molar-refractivity contribution in [1.82, 2.24) is 25.2 Å². The maximum absolute atomic E-state index is 4.24. The van der Waals surface area contributed by atoms with Crippen LogP contribution in [0.4, 0.5) is 0 Å². The summed E-state index contributed by atoms with van der Waals surface area (Å²) in [6.07, 6.45) is 3.03. The highest BCUT2D eigenvalue weighted by Gasteiger charge is 2.17. The standard InChI is InChI=1S/C13H18N2S2.C10H13N3S.C2H6/c1-7(2)10-6-11(17-12(10)8(3)4)13-15-14-9(5)16-13;1-4-9-5-10(14-8(9)3)13-6-7(2)11-12-13;1-2/h6-8H,1-5H3;5-6H,4H2,1-3H3;1-2H3. The Kier molecular flexibility index (Phi) is 10.4. The molecular formula is C25H37N5S3. The molecule has 0 amide bonds. The van der Waals surface area contributed by atoms with Crippen molar-refractivity contribution in [3.63, 3.8) is 0 Å². The fourth-order valence-electron chi connectivity index (χ4n) is 3.24. The Morgan fingerprint density at radius 1 is 0.879 bits per heavy atom. The van der Waals surface area contributed by atoms with Gasteiger partial charge in [0.15, 0.2) is 5.01 Å². The van der Waals surface area contributed by atoms with E-state index < -0.39 is 0 Å². The Bertz CT molecular complexity index is 1110. The van der Waals surface area contributed by atoms with Crippen molar-refractivity contribution in [2.24, 2.45) is 0 Å². The van der Waals surface area contributed by atoms with Crippen molar-refractivity contribution in [2.75, 3.05) is 0 Å². The zero-order chi connectivity index (χ0) is 24.7. The maximum Gasteiger partial charge on any atom is 0.157 e. The van der Waals surface area contributed by atoms with Gasteiger partial charge in [-0.1, -0.05) is 65.0 Å². The summed E-state index contributed by atoms with van der Waals surface area (Å²) in [4.78, 5) is 4.13. The molecule has 0 aromatic carbocycles. The Hall–Kier alpha value is -1.90. The van der Waals surface area contributed by atoms with Crippen molar-refractivity contribution in [3.8, 4) is 14.9 Å². The van der Waals surface area contributed by atoms with Crippen LogP contribution in [0.5, 0.6) is 0 Å². The van der Waals surface area contributed by atoms with E-state index in [1.54, 1.807) is 22.7 Å². The van der Waals surface area contributed by atoms with Crippen LogP contribution in [0, 0.1) is 20.8 Å². The summed E-state index contributed by atoms with van der Waals surface area (Å²) in [7, 11) is 0. The molecule has 0 N–H and O–H groups in total. The predicted molar refractivity (Wildman–Crippen MR) is 146 cm³/mol. The van der Waals surface area contributed by atoms with Gasteiger partial charge >= 0.3 is 0 Å². The number of aryl methyl sites for hydroxylation is 4. The van der Waals surface area contributed by atoms with Crippen LogP contribution in [0.3, 0.4) is 0 Å². The van der Waals surface area contributed by atoms with Gasteiger partial charge in [-0.15, -0.1) is 38.0 Å². The smallest absolute Gasteiger partial charge is 0.157 e. The minimum Gasteiger partial charge on any atom is -0.210 e. The van der Waals surface area contributed by atoms with Gasteiger partial charge in [0.25, 0.3) is 0 Å². The Morgan fingerprint density at radius 2 is 1.58 bits per heavy atom. The van der Waals surface area contributed by atoms with Crippen LogP contribution in [-0.2, 0) is 6.42 Å². The summed E-state index contributed by atoms with van der Waals surface area (Å²) in [6, 6.07) is 4.48. The van der Waals surface area contributed by atoms with Crippen molar-refractivity contribution in [2.45, 2.75) is 87.5 Å². The lowest BCUT2D eigenvalue weighted by molar-refractivity contribution is 0.810. The van der Waals surface area contributed by atoms with Crippen LogP contribution in [0.1, 0.15) is 91.9 Å². The second-order valence-electron chi connectivity index (χ2n) is 8.19. The lowest BCUT2D eigenvalue weighted by Crippen LogP contribution is -1.91. The molecule has 0 radical (unpaired) electrons. The van der Waals surface area contributed by atoms with Gasteiger partial charge in [0.05, 0.1) is 16.8 Å². The van der Waals surface area contributed by atoms with Crippen molar-refractivity contribution < 1.29 is 0 Å². The SMILES string of the molecule is CC.CCc1cc(-n2cc(C)nn2)sc1C.Cc1nnc(-c2cc(C(C)C)c(C(C)C)s2)s1. The number of hydrogen-bond acceptors (Lipinski definition) is 7. The Labute approximate surface area is 210 Å². The van der Waals surface area contributed by atoms with Gasteiger partial charge in [-0.05, 0) is 62.3 Å². The third kappa shape index (κ3) is 7.04. The van der Waals surface area contributed by atoms with Crippen LogP contribution < -0.4 is 0 Å². The fraction of sp³-hybridized carbons (Fsp3) is 0.520. The maximum atomic E-state index is 4.24. The van der Waals surface area contributed by atoms with Crippen LogP contribution in [-0.4, -0.2) is 25.2 Å². The van der Waals surface area contributed by atoms with Gasteiger partial charge in [-0.2, -0.15) is 0 Å². The molecule has 4 aromatic heterocycles. The second-order valence-corrected chi connectivity index (χ2v) is 11.7. The van der Waals surface area contributed by atoms with Gasteiger partial charge in [0.1, 0.15) is 10.0 Å². The molecule has 180 valence electrons. The third-order valence-electron chi connectivity index (χ3n) is 4.90. The molecule has 8 heteroatoms. The molecule has 0 saturated heterocycles. The molecule has 5 nitrogen and oxygen atoms in total. The Balaban J connectivity index is 0.000000221. The highest BCUT2D eigenvalue weighted by molar-refractivity contribution is 7.21. The van der Waals surface area contributed by atoms with Gasteiger partial charge in [-0.25, -0.2) is 4.68 Å². The molecule has 0 saturated carbocycles. The first-order chi connectivity index (χ1) is 15.7. The minimum absolute atomic E-state index is 0.575. The number of hydrogen-bond donors (Lipinski definition) is 0. The van der Waals surface area contributed by atoms with E-state index in [4.69, 9.17) is 0 Å². The molecule has 4 heterocycles. The van der Waals surface area contributed by atoms with E-state index in [0.717, 1.165) is 27.1 Å².